The molecule has 6 rings (SSSR count). The third-order valence-electron chi connectivity index (χ3n) is 12.6. The second-order valence-electron chi connectivity index (χ2n) is 19.5. The van der Waals surface area contributed by atoms with Crippen molar-refractivity contribution in [1.82, 2.24) is 20.5 Å². The molecule has 73 heavy (non-hydrogen) atoms. The number of nitrogens with zero attached hydrogens (tertiary/aromatic N) is 5. The molecule has 3 heterocycles. The predicted octanol–water partition coefficient (Wildman–Crippen LogP) is 7.12. The van der Waals surface area contributed by atoms with E-state index in [0.29, 0.717) is 11.4 Å². The number of aliphatic imine (C=N–C) groups is 1. The molecule has 2 aliphatic heterocycles. The molecule has 2 saturated heterocycles. The normalized spacial score (nSPS) is 18.3. The van der Waals surface area contributed by atoms with Gasteiger partial charge in [-0.15, -0.1) is 11.3 Å². The molecule has 394 valence electrons. The Morgan fingerprint density at radius 2 is 1.62 bits per heavy atom. The molecule has 3 N–H and O–H groups in total. The van der Waals surface area contributed by atoms with Crippen LogP contribution >= 0.6 is 23.6 Å². The number of thiocarbonyl (C=S) groups is 1. The van der Waals surface area contributed by atoms with Crippen LogP contribution in [0.1, 0.15) is 77.3 Å². The highest BCUT2D eigenvalue weighted by Crippen LogP contribution is 2.40. The second kappa shape index (κ2) is 24.0. The first kappa shape index (κ1) is 56.5. The highest BCUT2D eigenvalue weighted by Gasteiger charge is 2.51. The summed E-state index contributed by atoms with van der Waals surface area (Å²) in [6.07, 6.45) is -5.09. The van der Waals surface area contributed by atoms with Gasteiger partial charge in [0, 0.05) is 44.0 Å². The number of rotatable bonds is 21. The van der Waals surface area contributed by atoms with Crippen LogP contribution in [0.3, 0.4) is 0 Å². The van der Waals surface area contributed by atoms with Crippen molar-refractivity contribution >= 4 is 69.9 Å². The van der Waals surface area contributed by atoms with Gasteiger partial charge < -0.3 is 44.5 Å². The number of ether oxygens (including phenoxy) is 4. The molecule has 2 fully saturated rings. The maximum absolute atomic E-state index is 14.0. The fourth-order valence-corrected chi connectivity index (χ4v) is 9.77. The molecule has 4 amide bonds. The van der Waals surface area contributed by atoms with Crippen LogP contribution in [0.25, 0.3) is 10.4 Å². The van der Waals surface area contributed by atoms with Gasteiger partial charge in [-0.05, 0) is 99.8 Å². The van der Waals surface area contributed by atoms with E-state index in [1.807, 2.05) is 45.0 Å². The molecule has 2 aliphatic rings. The Morgan fingerprint density at radius 1 is 0.973 bits per heavy atom. The van der Waals surface area contributed by atoms with Crippen molar-refractivity contribution in [3.63, 3.8) is 0 Å². The Balaban J connectivity index is 0.900. The number of benzene rings is 3. The van der Waals surface area contributed by atoms with E-state index >= 15 is 0 Å². The third-order valence-corrected chi connectivity index (χ3v) is 13.9. The minimum atomic E-state index is -4.68. The quantitative estimate of drug-likeness (QED) is 0.0437. The average molecular weight is 1050 g/mol. The molecule has 1 aromatic heterocycles. The summed E-state index contributed by atoms with van der Waals surface area (Å²) in [5.41, 5.74) is 2.16. The van der Waals surface area contributed by atoms with Crippen LogP contribution in [-0.4, -0.2) is 133 Å². The molecular formula is C52H64F3N7O9S2. The number of aryl methyl sites for hydroxylation is 1. The van der Waals surface area contributed by atoms with Gasteiger partial charge in [-0.3, -0.25) is 29.1 Å². The highest BCUT2D eigenvalue weighted by atomic mass is 32.1. The maximum Gasteiger partial charge on any atom is 0.417 e. The van der Waals surface area contributed by atoms with E-state index < -0.39 is 64.5 Å². The molecule has 0 unspecified atom stereocenters. The maximum atomic E-state index is 14.0. The van der Waals surface area contributed by atoms with Crippen molar-refractivity contribution in [2.45, 2.75) is 110 Å². The number of likely N-dealkylation sites (tertiary alicyclic amines) is 1. The number of aliphatic hydroxyl groups excluding tert-OH is 1. The van der Waals surface area contributed by atoms with Gasteiger partial charge in [0.2, 0.25) is 17.7 Å². The van der Waals surface area contributed by atoms with Gasteiger partial charge in [0.15, 0.2) is 5.11 Å². The summed E-state index contributed by atoms with van der Waals surface area (Å²) in [5, 5.41) is 16.3. The third kappa shape index (κ3) is 13.9. The highest BCUT2D eigenvalue weighted by molar-refractivity contribution is 7.81. The summed E-state index contributed by atoms with van der Waals surface area (Å²) in [4.78, 5) is 67.4. The molecule has 0 saturated carbocycles. The lowest BCUT2D eigenvalue weighted by Crippen LogP contribution is -2.58. The Labute approximate surface area is 433 Å². The van der Waals surface area contributed by atoms with Crippen molar-refractivity contribution in [2.75, 3.05) is 56.4 Å². The van der Waals surface area contributed by atoms with Crippen LogP contribution in [0.15, 0.2) is 77.2 Å². The monoisotopic (exact) mass is 1050 g/mol. The summed E-state index contributed by atoms with van der Waals surface area (Å²) < 4.78 is 65.2. The van der Waals surface area contributed by atoms with E-state index in [1.165, 1.54) is 24.1 Å². The standard InChI is InChI=1S/C52H64F3N7O9S2/c1-31-44(73-30-58-31)35-12-10-34(11-13-35)26-57-46(65)42-25-39(63)28-60(42)47(66)45(50(4,5)6)59-43(64)29-68-20-21-69-32(2)33(3)70-22-23-71-40-18-16-37(17-19-40)62-49(72)61(48(67)51(62,7)8)38-15-14-36(27-56-9)41(24-38)52(53,54)55/h10-19,24,27,30,32-33,39,42,45,63H,20-23,25-26,28-29H2,1-9H3,(H,57,65)(H,59,64)/t32-,33-,39-,42+,45-/m1/s1. The number of hydrogen-bond acceptors (Lipinski definition) is 13. The van der Waals surface area contributed by atoms with Crippen LogP contribution in [0, 0.1) is 12.3 Å². The van der Waals surface area contributed by atoms with Gasteiger partial charge in [0.1, 0.15) is 36.6 Å². The van der Waals surface area contributed by atoms with E-state index in [0.717, 1.165) is 38.9 Å². The van der Waals surface area contributed by atoms with E-state index in [4.69, 9.17) is 31.2 Å². The SMILES string of the molecule is CN=Cc1ccc(N2C(=O)C(C)(C)N(c3ccc(OCCO[C@H](C)[C@@H](C)OCCOCC(=O)N[C@H](C(=O)N4C[C@H](O)C[C@H]4C(=O)NCc4ccc(-c5scnc5C)cc4)C(C)(C)C)cc3)C2=S)cc1C(F)(F)F. The Hall–Kier alpha value is -5.84. The Morgan fingerprint density at radius 3 is 2.22 bits per heavy atom. The largest absolute Gasteiger partial charge is 0.491 e. The van der Waals surface area contributed by atoms with Gasteiger partial charge in [0.05, 0.1) is 65.5 Å². The number of halogens is 3. The van der Waals surface area contributed by atoms with Crippen LogP contribution < -0.4 is 25.2 Å². The first-order chi connectivity index (χ1) is 34.4. The van der Waals surface area contributed by atoms with Crippen LogP contribution in [0.4, 0.5) is 24.5 Å². The van der Waals surface area contributed by atoms with Crippen LogP contribution in [0.5, 0.6) is 5.75 Å². The average Bonchev–Trinajstić information content (AvgIpc) is 4.00. The number of aromatic nitrogens is 1. The molecular weight excluding hydrogens is 988 g/mol. The lowest BCUT2D eigenvalue weighted by atomic mass is 9.85. The lowest BCUT2D eigenvalue weighted by Gasteiger charge is -2.35. The van der Waals surface area contributed by atoms with E-state index in [2.05, 4.69) is 20.6 Å². The predicted molar refractivity (Wildman–Crippen MR) is 277 cm³/mol. The van der Waals surface area contributed by atoms with Gasteiger partial charge in [-0.25, -0.2) is 4.98 Å². The smallest absolute Gasteiger partial charge is 0.417 e. The second-order valence-corrected chi connectivity index (χ2v) is 20.7. The number of thiazole rings is 1. The van der Waals surface area contributed by atoms with Crippen molar-refractivity contribution in [3.05, 3.63) is 94.6 Å². The molecule has 0 aliphatic carbocycles. The molecule has 5 atom stereocenters. The zero-order valence-electron chi connectivity index (χ0n) is 42.4. The topological polar surface area (TPSA) is 184 Å². The molecule has 0 spiro atoms. The van der Waals surface area contributed by atoms with E-state index in [1.54, 1.807) is 80.6 Å². The van der Waals surface area contributed by atoms with Gasteiger partial charge in [0.25, 0.3) is 5.91 Å². The minimum Gasteiger partial charge on any atom is -0.491 e. The summed E-state index contributed by atoms with van der Waals surface area (Å²) in [6.45, 7) is 14.8. The van der Waals surface area contributed by atoms with Crippen molar-refractivity contribution in [1.29, 1.82) is 0 Å². The summed E-state index contributed by atoms with van der Waals surface area (Å²) >= 11 is 7.24. The Kier molecular flexibility index (Phi) is 18.6. The van der Waals surface area contributed by atoms with Gasteiger partial charge >= 0.3 is 6.18 Å². The van der Waals surface area contributed by atoms with Crippen LogP contribution in [0.2, 0.25) is 0 Å². The fourth-order valence-electron chi connectivity index (χ4n) is 8.43. The lowest BCUT2D eigenvalue weighted by molar-refractivity contribution is -0.144. The van der Waals surface area contributed by atoms with Crippen molar-refractivity contribution in [2.24, 2.45) is 10.4 Å². The summed E-state index contributed by atoms with van der Waals surface area (Å²) in [6, 6.07) is 16.3. The molecule has 21 heteroatoms. The molecule has 0 radical (unpaired) electrons. The van der Waals surface area contributed by atoms with E-state index in [-0.39, 0.29) is 81.1 Å². The van der Waals surface area contributed by atoms with E-state index in [9.17, 15) is 37.5 Å². The van der Waals surface area contributed by atoms with Crippen LogP contribution in [-0.2, 0) is 46.1 Å². The number of amides is 4. The number of hydrogen-bond donors (Lipinski definition) is 3. The van der Waals surface area contributed by atoms with Gasteiger partial charge in [-0.2, -0.15) is 13.2 Å². The molecule has 3 aromatic carbocycles. The number of aliphatic hydroxyl groups is 1. The number of anilines is 2. The zero-order valence-corrected chi connectivity index (χ0v) is 44.1. The number of carbonyl (C=O) groups excluding carboxylic acids is 4. The number of carbonyl (C=O) groups is 4. The number of β-amino-alcohol motifs (C(OH)–C–C–N with tert-alkyl or cyclic N) is 1. The Bertz CT molecular complexity index is 2620. The number of nitrogens with one attached hydrogen (secondary N) is 2. The molecule has 4 aromatic rings. The van der Waals surface area contributed by atoms with Crippen molar-refractivity contribution < 1.29 is 56.4 Å². The first-order valence-corrected chi connectivity index (χ1v) is 25.1. The number of alkyl halides is 3. The minimum absolute atomic E-state index is 0.00731. The van der Waals surface area contributed by atoms with Crippen molar-refractivity contribution in [3.8, 4) is 16.2 Å². The first-order valence-electron chi connectivity index (χ1n) is 23.8. The van der Waals surface area contributed by atoms with Gasteiger partial charge in [-0.1, -0.05) is 51.1 Å². The summed E-state index contributed by atoms with van der Waals surface area (Å²) in [5.74, 6) is -1.38. The molecule has 16 nitrogen and oxygen atoms in total. The fraction of sp³-hybridized carbons (Fsp3) is 0.481. The zero-order chi connectivity index (χ0) is 53.4. The summed E-state index contributed by atoms with van der Waals surface area (Å²) in [7, 11) is 1.38. The molecule has 0 bridgehead atoms.